The van der Waals surface area contributed by atoms with E-state index < -0.39 is 0 Å². The minimum Gasteiger partial charge on any atom is -0.322 e. The molecule has 156 valence electrons. The first kappa shape index (κ1) is 20.0. The fraction of sp³-hybridized carbons (Fsp3) is 0.136. The minimum absolute atomic E-state index is 0.238. The zero-order valence-electron chi connectivity index (χ0n) is 17.4. The van der Waals surface area contributed by atoms with Crippen molar-refractivity contribution in [3.05, 3.63) is 76.9 Å². The lowest BCUT2D eigenvalue weighted by Crippen LogP contribution is -2.20. The summed E-state index contributed by atoms with van der Waals surface area (Å²) in [6, 6.07) is 10.4. The van der Waals surface area contributed by atoms with Crippen LogP contribution in [-0.2, 0) is 11.8 Å². The van der Waals surface area contributed by atoms with Gasteiger partial charge in [-0.2, -0.15) is 10.1 Å². The Balaban J connectivity index is 1.86. The molecule has 4 rings (SSSR count). The first-order valence-corrected chi connectivity index (χ1v) is 9.56. The fourth-order valence-corrected chi connectivity index (χ4v) is 3.32. The molecular weight excluding hydrogens is 394 g/mol. The summed E-state index contributed by atoms with van der Waals surface area (Å²) in [5.74, 6) is 0.733. The largest absolute Gasteiger partial charge is 0.322 e. The molecule has 0 spiro atoms. The summed E-state index contributed by atoms with van der Waals surface area (Å²) in [6.07, 6.45) is 2.87. The van der Waals surface area contributed by atoms with E-state index in [1.165, 1.54) is 16.7 Å². The highest BCUT2D eigenvalue weighted by Gasteiger charge is 2.13. The summed E-state index contributed by atoms with van der Waals surface area (Å²) in [5, 5.41) is 10.9. The van der Waals surface area contributed by atoms with E-state index in [9.17, 15) is 9.59 Å². The number of carbonyl (C=O) groups excluding carboxylic acids is 1. The van der Waals surface area contributed by atoms with Crippen LogP contribution in [-0.4, -0.2) is 30.2 Å². The number of carbonyl (C=O) groups is 1. The molecule has 0 bridgehead atoms. The average molecular weight is 415 g/mol. The molecule has 0 unspecified atom stereocenters. The third kappa shape index (κ3) is 3.93. The molecule has 0 aliphatic heterocycles. The molecule has 9 nitrogen and oxygen atoms in total. The van der Waals surface area contributed by atoms with Crippen molar-refractivity contribution in [2.24, 2.45) is 7.05 Å². The van der Waals surface area contributed by atoms with Crippen LogP contribution in [0, 0.1) is 13.8 Å². The average Bonchev–Trinajstić information content (AvgIpc) is 3.04. The molecule has 0 aliphatic carbocycles. The number of anilines is 3. The smallest absolute Gasteiger partial charge is 0.257 e. The van der Waals surface area contributed by atoms with Crippen LogP contribution in [0.5, 0.6) is 0 Å². The van der Waals surface area contributed by atoms with Gasteiger partial charge in [-0.05, 0) is 43.7 Å². The molecule has 9 heteroatoms. The predicted octanol–water partition coefficient (Wildman–Crippen LogP) is 3.00. The van der Waals surface area contributed by atoms with Gasteiger partial charge in [-0.25, -0.2) is 4.98 Å². The Bertz CT molecular complexity index is 1380. The van der Waals surface area contributed by atoms with E-state index in [1.54, 1.807) is 35.1 Å². The van der Waals surface area contributed by atoms with Crippen molar-refractivity contribution in [2.75, 3.05) is 10.6 Å². The fourth-order valence-electron chi connectivity index (χ4n) is 3.32. The lowest BCUT2D eigenvalue weighted by atomic mass is 10.2. The van der Waals surface area contributed by atoms with Crippen LogP contribution >= 0.6 is 0 Å². The second-order valence-electron chi connectivity index (χ2n) is 7.10. The summed E-state index contributed by atoms with van der Waals surface area (Å²) < 4.78 is 3.19. The van der Waals surface area contributed by atoms with E-state index in [2.05, 4.69) is 32.3 Å². The Morgan fingerprint density at radius 3 is 2.71 bits per heavy atom. The van der Waals surface area contributed by atoms with Crippen LogP contribution in [0.1, 0.15) is 11.3 Å². The number of fused-ring (bicyclic) bond motifs is 1. The summed E-state index contributed by atoms with van der Waals surface area (Å²) in [4.78, 5) is 33.6. The van der Waals surface area contributed by atoms with Crippen molar-refractivity contribution >= 4 is 34.4 Å². The van der Waals surface area contributed by atoms with Gasteiger partial charge in [-0.1, -0.05) is 12.6 Å². The van der Waals surface area contributed by atoms with Gasteiger partial charge in [0.1, 0.15) is 5.82 Å². The number of benzene rings is 1. The van der Waals surface area contributed by atoms with Crippen LogP contribution in [0.2, 0.25) is 0 Å². The highest BCUT2D eigenvalue weighted by Crippen LogP contribution is 2.22. The summed E-state index contributed by atoms with van der Waals surface area (Å²) >= 11 is 0. The van der Waals surface area contributed by atoms with Gasteiger partial charge in [0.15, 0.2) is 5.65 Å². The monoisotopic (exact) mass is 415 g/mol. The third-order valence-corrected chi connectivity index (χ3v) is 4.76. The minimum atomic E-state index is -0.335. The van der Waals surface area contributed by atoms with E-state index in [0.29, 0.717) is 23.0 Å². The Hall–Kier alpha value is -4.27. The molecule has 4 aromatic rings. The topological polar surface area (TPSA) is 107 Å². The zero-order valence-corrected chi connectivity index (χ0v) is 17.4. The number of hydrogen-bond acceptors (Lipinski definition) is 6. The molecule has 2 N–H and O–H groups in total. The normalized spacial score (nSPS) is 10.8. The van der Waals surface area contributed by atoms with Gasteiger partial charge in [0.25, 0.3) is 5.56 Å². The second-order valence-corrected chi connectivity index (χ2v) is 7.10. The lowest BCUT2D eigenvalue weighted by Gasteiger charge is -2.13. The van der Waals surface area contributed by atoms with Crippen molar-refractivity contribution < 1.29 is 4.79 Å². The van der Waals surface area contributed by atoms with Gasteiger partial charge in [0, 0.05) is 36.5 Å². The summed E-state index contributed by atoms with van der Waals surface area (Å²) in [6.45, 7) is 7.19. The number of nitrogens with zero attached hydrogens (tertiary/aromatic N) is 5. The first-order valence-electron chi connectivity index (χ1n) is 9.56. The van der Waals surface area contributed by atoms with Crippen LogP contribution in [0.4, 0.5) is 17.5 Å². The van der Waals surface area contributed by atoms with E-state index in [-0.39, 0.29) is 11.5 Å². The lowest BCUT2D eigenvalue weighted by molar-refractivity contribution is -0.111. The first-order chi connectivity index (χ1) is 14.9. The molecule has 0 saturated carbocycles. The van der Waals surface area contributed by atoms with Crippen molar-refractivity contribution in [1.82, 2.24) is 24.3 Å². The number of amides is 1. The molecule has 0 atom stereocenters. The maximum absolute atomic E-state index is 12.9. The Kier molecular flexibility index (Phi) is 5.08. The molecule has 1 aromatic carbocycles. The number of hydrogen-bond donors (Lipinski definition) is 2. The molecule has 0 aliphatic rings. The van der Waals surface area contributed by atoms with E-state index >= 15 is 0 Å². The Morgan fingerprint density at radius 2 is 2.00 bits per heavy atom. The van der Waals surface area contributed by atoms with Gasteiger partial charge >= 0.3 is 0 Å². The third-order valence-electron chi connectivity index (χ3n) is 4.76. The van der Waals surface area contributed by atoms with Gasteiger partial charge in [0.05, 0.1) is 11.4 Å². The maximum Gasteiger partial charge on any atom is 0.257 e. The van der Waals surface area contributed by atoms with Crippen LogP contribution in [0.15, 0.2) is 60.0 Å². The molecule has 0 radical (unpaired) electrons. The maximum atomic E-state index is 12.9. The van der Waals surface area contributed by atoms with E-state index in [0.717, 1.165) is 22.5 Å². The molecular formula is C22H21N7O2. The summed E-state index contributed by atoms with van der Waals surface area (Å²) in [7, 11) is 1.82. The molecule has 0 saturated heterocycles. The molecule has 3 aromatic heterocycles. The van der Waals surface area contributed by atoms with Gasteiger partial charge < -0.3 is 10.6 Å². The van der Waals surface area contributed by atoms with Crippen LogP contribution in [0.3, 0.4) is 0 Å². The molecule has 31 heavy (non-hydrogen) atoms. The number of aromatic nitrogens is 5. The summed E-state index contributed by atoms with van der Waals surface area (Å²) in [5.41, 5.74) is 2.96. The van der Waals surface area contributed by atoms with Gasteiger partial charge in [0.2, 0.25) is 11.9 Å². The number of pyridine rings is 1. The van der Waals surface area contributed by atoms with Crippen molar-refractivity contribution in [2.45, 2.75) is 13.8 Å². The highest BCUT2D eigenvalue weighted by atomic mass is 16.1. The van der Waals surface area contributed by atoms with Crippen LogP contribution < -0.4 is 16.2 Å². The number of rotatable bonds is 5. The predicted molar refractivity (Wildman–Crippen MR) is 120 cm³/mol. The van der Waals surface area contributed by atoms with Crippen molar-refractivity contribution in [3.63, 3.8) is 0 Å². The van der Waals surface area contributed by atoms with E-state index in [4.69, 9.17) is 0 Å². The zero-order chi connectivity index (χ0) is 22.1. The van der Waals surface area contributed by atoms with E-state index in [1.807, 2.05) is 27.0 Å². The quantitative estimate of drug-likeness (QED) is 0.485. The molecule has 0 fully saturated rings. The molecule has 3 heterocycles. The SMILES string of the molecule is C=CC(=O)Nc1cccc(-n2c(=O)cc(C)c3cnc(Nc4cc(C)nn4C)nc32)c1. The second kappa shape index (κ2) is 7.86. The Morgan fingerprint density at radius 1 is 1.19 bits per heavy atom. The van der Waals surface area contributed by atoms with Gasteiger partial charge in [-0.3, -0.25) is 18.8 Å². The Labute approximate surface area is 178 Å². The highest BCUT2D eigenvalue weighted by molar-refractivity contribution is 5.99. The van der Waals surface area contributed by atoms with Crippen LogP contribution in [0.25, 0.3) is 16.7 Å². The number of aryl methyl sites for hydroxylation is 3. The van der Waals surface area contributed by atoms with Crippen molar-refractivity contribution in [3.8, 4) is 5.69 Å². The molecule has 1 amide bonds. The number of nitrogens with one attached hydrogen (secondary N) is 2. The van der Waals surface area contributed by atoms with Crippen molar-refractivity contribution in [1.29, 1.82) is 0 Å². The van der Waals surface area contributed by atoms with Gasteiger partial charge in [-0.15, -0.1) is 0 Å². The standard InChI is InChI=1S/C22H21N7O2/c1-5-19(30)24-15-7-6-8-16(11-15)29-20(31)9-13(2)17-12-23-22(26-21(17)29)25-18-10-14(3)27-28(18)4/h5-12H,1H2,2-4H3,(H,24,30)(H,23,25,26).